The fraction of sp³-hybridized carbons (Fsp3) is 1.00. The highest BCUT2D eigenvalue weighted by atomic mass is 32.2. The van der Waals surface area contributed by atoms with Gasteiger partial charge in [0.25, 0.3) is 0 Å². The lowest BCUT2D eigenvalue weighted by atomic mass is 10.1. The second-order valence-electron chi connectivity index (χ2n) is 4.49. The Morgan fingerprint density at radius 3 is 2.75 bits per heavy atom. The molecule has 1 aliphatic heterocycles. The van der Waals surface area contributed by atoms with Gasteiger partial charge in [0.1, 0.15) is 0 Å². The summed E-state index contributed by atoms with van der Waals surface area (Å²) < 4.78 is 29.0. The Morgan fingerprint density at radius 1 is 1.50 bits per heavy atom. The van der Waals surface area contributed by atoms with E-state index in [1.165, 1.54) is 10.6 Å². The van der Waals surface area contributed by atoms with Crippen LogP contribution in [0.15, 0.2) is 0 Å². The first-order chi connectivity index (χ1) is 7.43. The van der Waals surface area contributed by atoms with Crippen LogP contribution in [0.4, 0.5) is 0 Å². The van der Waals surface area contributed by atoms with Crippen LogP contribution in [-0.4, -0.2) is 70.8 Å². The Hall–Kier alpha value is -0.170. The van der Waals surface area contributed by atoms with Crippen LogP contribution in [0.25, 0.3) is 0 Å². The third kappa shape index (κ3) is 4.37. The van der Waals surface area contributed by atoms with Gasteiger partial charge >= 0.3 is 0 Å². The molecule has 0 unspecified atom stereocenters. The van der Waals surface area contributed by atoms with Crippen molar-refractivity contribution < 1.29 is 13.2 Å². The molecule has 0 bridgehead atoms. The van der Waals surface area contributed by atoms with E-state index >= 15 is 0 Å². The first kappa shape index (κ1) is 13.9. The molecule has 0 aromatic rings. The molecule has 1 heterocycles. The number of hydrogen-bond acceptors (Lipinski definition) is 4. The zero-order valence-electron chi connectivity index (χ0n) is 10.3. The maximum atomic E-state index is 11.3. The third-order valence-corrected chi connectivity index (χ3v) is 4.34. The molecule has 0 aliphatic carbocycles. The Kier molecular flexibility index (Phi) is 5.17. The van der Waals surface area contributed by atoms with Crippen LogP contribution < -0.4 is 0 Å². The molecular weight excluding hydrogens is 228 g/mol. The fourth-order valence-electron chi connectivity index (χ4n) is 1.98. The van der Waals surface area contributed by atoms with Crippen molar-refractivity contribution in [2.45, 2.75) is 6.42 Å². The Bertz CT molecular complexity index is 305. The minimum Gasteiger partial charge on any atom is -0.383 e. The molecule has 0 aromatic carbocycles. The molecule has 5 nitrogen and oxygen atoms in total. The average Bonchev–Trinajstić information content (AvgIpc) is 2.61. The van der Waals surface area contributed by atoms with Crippen LogP contribution in [0, 0.1) is 5.92 Å². The number of hydrogen-bond donors (Lipinski definition) is 0. The van der Waals surface area contributed by atoms with E-state index in [1.54, 1.807) is 14.2 Å². The topological polar surface area (TPSA) is 49.9 Å². The Balaban J connectivity index is 2.31. The summed E-state index contributed by atoms with van der Waals surface area (Å²) in [7, 11) is 0.311. The summed E-state index contributed by atoms with van der Waals surface area (Å²) >= 11 is 0. The van der Waals surface area contributed by atoms with Crippen molar-refractivity contribution in [3.8, 4) is 0 Å². The van der Waals surface area contributed by atoms with Crippen LogP contribution in [0.2, 0.25) is 0 Å². The number of rotatable bonds is 6. The molecule has 16 heavy (non-hydrogen) atoms. The molecule has 1 atom stereocenters. The van der Waals surface area contributed by atoms with Crippen LogP contribution in [0.3, 0.4) is 0 Å². The van der Waals surface area contributed by atoms with Gasteiger partial charge in [-0.05, 0) is 18.9 Å². The predicted molar refractivity (Wildman–Crippen MR) is 63.9 cm³/mol. The zero-order valence-corrected chi connectivity index (χ0v) is 11.2. The highest BCUT2D eigenvalue weighted by Gasteiger charge is 2.25. The van der Waals surface area contributed by atoms with Gasteiger partial charge in [-0.25, -0.2) is 12.7 Å². The van der Waals surface area contributed by atoms with Gasteiger partial charge in [0, 0.05) is 33.8 Å². The largest absolute Gasteiger partial charge is 0.383 e. The standard InChI is InChI=1S/C10H22N2O3S/c1-11(16(3,13)14)8-10-4-5-12(9-10)6-7-15-2/h10H,4-9H2,1-3H3/t10-/m1/s1. The summed E-state index contributed by atoms with van der Waals surface area (Å²) in [5.41, 5.74) is 0. The number of sulfonamides is 1. The van der Waals surface area contributed by atoms with Gasteiger partial charge in [-0.1, -0.05) is 0 Å². The molecule has 0 aromatic heterocycles. The molecule has 1 rings (SSSR count). The SMILES string of the molecule is COCCN1CC[C@H](CN(C)S(C)(=O)=O)C1. The van der Waals surface area contributed by atoms with Crippen molar-refractivity contribution >= 4 is 10.0 Å². The fourth-order valence-corrected chi connectivity index (χ4v) is 2.47. The van der Waals surface area contributed by atoms with E-state index < -0.39 is 10.0 Å². The van der Waals surface area contributed by atoms with Crippen molar-refractivity contribution in [3.05, 3.63) is 0 Å². The van der Waals surface area contributed by atoms with Gasteiger partial charge in [0.15, 0.2) is 0 Å². The summed E-state index contributed by atoms with van der Waals surface area (Å²) in [5.74, 6) is 0.455. The quantitative estimate of drug-likeness (QED) is 0.657. The molecule has 0 spiro atoms. The molecular formula is C10H22N2O3S. The van der Waals surface area contributed by atoms with E-state index in [9.17, 15) is 8.42 Å². The first-order valence-corrected chi connectivity index (χ1v) is 7.41. The average molecular weight is 250 g/mol. The lowest BCUT2D eigenvalue weighted by Gasteiger charge is -2.19. The van der Waals surface area contributed by atoms with Gasteiger partial charge in [0.2, 0.25) is 10.0 Å². The number of ether oxygens (including phenoxy) is 1. The summed E-state index contributed by atoms with van der Waals surface area (Å²) in [4.78, 5) is 2.32. The van der Waals surface area contributed by atoms with Crippen LogP contribution >= 0.6 is 0 Å². The number of nitrogens with zero attached hydrogens (tertiary/aromatic N) is 2. The van der Waals surface area contributed by atoms with Gasteiger partial charge < -0.3 is 9.64 Å². The summed E-state index contributed by atoms with van der Waals surface area (Å²) in [6.07, 6.45) is 2.33. The third-order valence-electron chi connectivity index (χ3n) is 3.06. The number of likely N-dealkylation sites (tertiary alicyclic amines) is 1. The summed E-state index contributed by atoms with van der Waals surface area (Å²) in [6, 6.07) is 0. The lowest BCUT2D eigenvalue weighted by molar-refractivity contribution is 0.158. The smallest absolute Gasteiger partial charge is 0.210 e. The van der Waals surface area contributed by atoms with Crippen molar-refractivity contribution in [2.75, 3.05) is 53.2 Å². The monoisotopic (exact) mass is 250 g/mol. The van der Waals surface area contributed by atoms with Crippen LogP contribution in [0.1, 0.15) is 6.42 Å². The molecule has 0 amide bonds. The molecule has 0 saturated carbocycles. The normalized spacial score (nSPS) is 23.1. The van der Waals surface area contributed by atoms with E-state index in [4.69, 9.17) is 4.74 Å². The molecule has 0 radical (unpaired) electrons. The van der Waals surface area contributed by atoms with Crippen molar-refractivity contribution in [1.82, 2.24) is 9.21 Å². The van der Waals surface area contributed by atoms with E-state index in [-0.39, 0.29) is 0 Å². The highest BCUT2D eigenvalue weighted by molar-refractivity contribution is 7.88. The molecule has 6 heteroatoms. The van der Waals surface area contributed by atoms with Crippen LogP contribution in [-0.2, 0) is 14.8 Å². The Labute approximate surface area is 98.4 Å². The first-order valence-electron chi connectivity index (χ1n) is 5.56. The minimum atomic E-state index is -3.03. The molecule has 1 saturated heterocycles. The zero-order chi connectivity index (χ0) is 12.2. The maximum Gasteiger partial charge on any atom is 0.210 e. The van der Waals surface area contributed by atoms with Gasteiger partial charge in [-0.2, -0.15) is 0 Å². The second kappa shape index (κ2) is 5.95. The van der Waals surface area contributed by atoms with Gasteiger partial charge in [-0.3, -0.25) is 0 Å². The minimum absolute atomic E-state index is 0.455. The molecule has 96 valence electrons. The van der Waals surface area contributed by atoms with E-state index in [0.717, 1.165) is 32.7 Å². The Morgan fingerprint density at radius 2 is 2.19 bits per heavy atom. The van der Waals surface area contributed by atoms with E-state index in [1.807, 2.05) is 0 Å². The molecule has 0 N–H and O–H groups in total. The van der Waals surface area contributed by atoms with E-state index in [0.29, 0.717) is 12.5 Å². The van der Waals surface area contributed by atoms with Crippen molar-refractivity contribution in [2.24, 2.45) is 5.92 Å². The van der Waals surface area contributed by atoms with Crippen molar-refractivity contribution in [3.63, 3.8) is 0 Å². The van der Waals surface area contributed by atoms with Gasteiger partial charge in [-0.15, -0.1) is 0 Å². The number of methoxy groups -OCH3 is 1. The molecule has 1 aliphatic rings. The van der Waals surface area contributed by atoms with Crippen LogP contribution in [0.5, 0.6) is 0 Å². The summed E-state index contributed by atoms with van der Waals surface area (Å²) in [6.45, 7) is 4.33. The second-order valence-corrected chi connectivity index (χ2v) is 6.58. The molecule has 1 fully saturated rings. The summed E-state index contributed by atoms with van der Waals surface area (Å²) in [5, 5.41) is 0. The van der Waals surface area contributed by atoms with Gasteiger partial charge in [0.05, 0.1) is 12.9 Å². The van der Waals surface area contributed by atoms with Crippen molar-refractivity contribution in [1.29, 1.82) is 0 Å². The lowest BCUT2D eigenvalue weighted by Crippen LogP contribution is -2.32. The van der Waals surface area contributed by atoms with E-state index in [2.05, 4.69) is 4.90 Å². The maximum absolute atomic E-state index is 11.3. The highest BCUT2D eigenvalue weighted by Crippen LogP contribution is 2.17. The predicted octanol–water partition coefficient (Wildman–Crippen LogP) is -0.154.